The zero-order valence-corrected chi connectivity index (χ0v) is 13.4. The Labute approximate surface area is 136 Å². The third-order valence-corrected chi connectivity index (χ3v) is 5.35. The molecule has 1 unspecified atom stereocenters. The highest BCUT2D eigenvalue weighted by Crippen LogP contribution is 2.49. The summed E-state index contributed by atoms with van der Waals surface area (Å²) in [6.45, 7) is 2.61. The van der Waals surface area contributed by atoms with E-state index in [1.807, 2.05) is 0 Å². The van der Waals surface area contributed by atoms with E-state index in [4.69, 9.17) is 21.5 Å². The second-order valence-corrected chi connectivity index (χ2v) is 7.02. The molecule has 0 aromatic carbocycles. The van der Waals surface area contributed by atoms with Crippen LogP contribution in [0.5, 0.6) is 0 Å². The molecule has 1 aliphatic heterocycles. The minimum atomic E-state index is -1.40. The summed E-state index contributed by atoms with van der Waals surface area (Å²) in [5.41, 5.74) is 10.5. The van der Waals surface area contributed by atoms with Gasteiger partial charge in [-0.3, -0.25) is 9.59 Å². The van der Waals surface area contributed by atoms with Gasteiger partial charge in [0.1, 0.15) is 5.54 Å². The molecule has 0 spiro atoms. The van der Waals surface area contributed by atoms with Gasteiger partial charge in [0.2, 0.25) is 5.91 Å². The van der Waals surface area contributed by atoms with Crippen molar-refractivity contribution in [2.75, 3.05) is 13.1 Å². The van der Waals surface area contributed by atoms with Crippen LogP contribution in [0.25, 0.3) is 0 Å². The van der Waals surface area contributed by atoms with Gasteiger partial charge < -0.3 is 31.5 Å². The summed E-state index contributed by atoms with van der Waals surface area (Å²) >= 11 is 0. The molecule has 2 rings (SSSR count). The number of carboxylic acid groups (broad SMARTS) is 1. The van der Waals surface area contributed by atoms with Gasteiger partial charge in [-0.2, -0.15) is 0 Å². The highest BCUT2D eigenvalue weighted by atomic mass is 16.4. The molecule has 0 aromatic heterocycles. The number of rotatable bonds is 6. The number of hydrogen-bond donors (Lipinski definition) is 5. The van der Waals surface area contributed by atoms with E-state index in [1.54, 1.807) is 11.8 Å². The minimum absolute atomic E-state index is 0.0228. The van der Waals surface area contributed by atoms with Crippen LogP contribution in [0.3, 0.4) is 0 Å². The van der Waals surface area contributed by atoms with Crippen molar-refractivity contribution in [3.8, 4) is 0 Å². The summed E-state index contributed by atoms with van der Waals surface area (Å²) in [6.07, 6.45) is 1.51. The van der Waals surface area contributed by atoms with Crippen LogP contribution in [0.15, 0.2) is 0 Å². The van der Waals surface area contributed by atoms with Crippen molar-refractivity contribution in [1.82, 2.24) is 4.90 Å². The highest BCUT2D eigenvalue weighted by molar-refractivity contribution is 6.40. The van der Waals surface area contributed by atoms with E-state index in [-0.39, 0.29) is 30.0 Å². The zero-order chi connectivity index (χ0) is 17.4. The van der Waals surface area contributed by atoms with Crippen LogP contribution in [-0.2, 0) is 9.59 Å². The van der Waals surface area contributed by atoms with Crippen LogP contribution >= 0.6 is 0 Å². The van der Waals surface area contributed by atoms with Gasteiger partial charge >= 0.3 is 13.1 Å². The normalized spacial score (nSPS) is 34.3. The monoisotopic (exact) mass is 327 g/mol. The number of hydrogen-bond acceptors (Lipinski definition) is 6. The Kier molecular flexibility index (Phi) is 5.35. The second kappa shape index (κ2) is 6.76. The van der Waals surface area contributed by atoms with E-state index in [2.05, 4.69) is 0 Å². The molecule has 0 radical (unpaired) electrons. The number of aliphatic carboxylic acids is 1. The maximum absolute atomic E-state index is 12.1. The van der Waals surface area contributed by atoms with Gasteiger partial charge in [-0.25, -0.2) is 0 Å². The molecule has 1 saturated heterocycles. The molecule has 1 aliphatic carbocycles. The smallest absolute Gasteiger partial charge is 0.451 e. The van der Waals surface area contributed by atoms with Crippen LogP contribution < -0.4 is 11.5 Å². The largest absolute Gasteiger partial charge is 0.480 e. The lowest BCUT2D eigenvalue weighted by atomic mass is 9.76. The van der Waals surface area contributed by atoms with Gasteiger partial charge in [0.05, 0.1) is 6.04 Å². The molecular formula is C14H26BN3O5. The first-order valence-electron chi connectivity index (χ1n) is 8.09. The highest BCUT2D eigenvalue weighted by Gasteiger charge is 2.58. The first kappa shape index (κ1) is 18.2. The van der Waals surface area contributed by atoms with Crippen molar-refractivity contribution in [2.45, 2.75) is 44.1 Å². The lowest BCUT2D eigenvalue weighted by Crippen LogP contribution is -2.53. The van der Waals surface area contributed by atoms with Crippen molar-refractivity contribution < 1.29 is 24.7 Å². The number of carboxylic acids is 1. The molecule has 1 saturated carbocycles. The summed E-state index contributed by atoms with van der Waals surface area (Å²) in [5.74, 6) is -1.35. The average Bonchev–Trinajstić information content (AvgIpc) is 2.95. The van der Waals surface area contributed by atoms with Gasteiger partial charge in [0, 0.05) is 13.1 Å². The Hall–Kier alpha value is -1.16. The van der Waals surface area contributed by atoms with Gasteiger partial charge in [-0.1, -0.05) is 6.42 Å². The third kappa shape index (κ3) is 3.52. The molecule has 2 aliphatic rings. The molecule has 130 valence electrons. The summed E-state index contributed by atoms with van der Waals surface area (Å²) < 4.78 is 0. The predicted octanol–water partition coefficient (Wildman–Crippen LogP) is -1.54. The summed E-state index contributed by atoms with van der Waals surface area (Å²) in [4.78, 5) is 25.4. The van der Waals surface area contributed by atoms with Gasteiger partial charge in [-0.15, -0.1) is 0 Å². The topological polar surface area (TPSA) is 150 Å². The van der Waals surface area contributed by atoms with Gasteiger partial charge in [-0.05, 0) is 43.8 Å². The molecule has 5 atom stereocenters. The molecule has 8 nitrogen and oxygen atoms in total. The SMILES string of the molecule is CC(N)C(=O)N1C[C@@H]2C[C@@](N)(C(=O)O)[C@@H](CCCB(O)O)[C@@H]2C1. The molecule has 1 heterocycles. The number of nitrogens with two attached hydrogens (primary N) is 2. The molecule has 0 aromatic rings. The Morgan fingerprint density at radius 1 is 1.39 bits per heavy atom. The molecule has 2 fully saturated rings. The maximum atomic E-state index is 12.1. The van der Waals surface area contributed by atoms with E-state index < -0.39 is 24.7 Å². The Balaban J connectivity index is 2.10. The Morgan fingerprint density at radius 2 is 2.04 bits per heavy atom. The van der Waals surface area contributed by atoms with E-state index in [0.29, 0.717) is 32.4 Å². The molecule has 9 heteroatoms. The molecule has 23 heavy (non-hydrogen) atoms. The fourth-order valence-electron chi connectivity index (χ4n) is 4.24. The number of carbonyl (C=O) groups is 2. The molecular weight excluding hydrogens is 301 g/mol. The summed E-state index contributed by atoms with van der Waals surface area (Å²) in [7, 11) is -1.40. The first-order chi connectivity index (χ1) is 10.7. The Morgan fingerprint density at radius 3 is 2.57 bits per heavy atom. The summed E-state index contributed by atoms with van der Waals surface area (Å²) in [5, 5.41) is 27.5. The second-order valence-electron chi connectivity index (χ2n) is 7.02. The maximum Gasteiger partial charge on any atom is 0.451 e. The quantitative estimate of drug-likeness (QED) is 0.371. The van der Waals surface area contributed by atoms with Crippen LogP contribution in [0.1, 0.15) is 26.2 Å². The fourth-order valence-corrected chi connectivity index (χ4v) is 4.24. The van der Waals surface area contributed by atoms with Crippen molar-refractivity contribution in [1.29, 1.82) is 0 Å². The van der Waals surface area contributed by atoms with Crippen LogP contribution in [0.2, 0.25) is 6.32 Å². The third-order valence-electron chi connectivity index (χ3n) is 5.35. The summed E-state index contributed by atoms with van der Waals surface area (Å²) in [6, 6.07) is -0.570. The van der Waals surface area contributed by atoms with Crippen molar-refractivity contribution in [3.63, 3.8) is 0 Å². The molecule has 1 amide bonds. The first-order valence-corrected chi connectivity index (χ1v) is 8.09. The van der Waals surface area contributed by atoms with Crippen molar-refractivity contribution in [2.24, 2.45) is 29.2 Å². The van der Waals surface area contributed by atoms with E-state index in [1.165, 1.54) is 0 Å². The predicted molar refractivity (Wildman–Crippen MR) is 84.1 cm³/mol. The lowest BCUT2D eigenvalue weighted by Gasteiger charge is -2.31. The molecule has 0 bridgehead atoms. The van der Waals surface area contributed by atoms with Crippen LogP contribution in [0, 0.1) is 17.8 Å². The standard InChI is InChI=1S/C14H26BN3O5/c1-8(16)12(19)18-6-9-5-14(17,13(20)21)11(10(9)7-18)3-2-4-15(22)23/h8-11,22-23H,2-7,16-17H2,1H3,(H,20,21)/t8?,9-,10+,11-,14-/m0/s1. The zero-order valence-electron chi connectivity index (χ0n) is 13.4. The number of fused-ring (bicyclic) bond motifs is 1. The molecule has 7 N–H and O–H groups in total. The van der Waals surface area contributed by atoms with Crippen molar-refractivity contribution >= 4 is 19.0 Å². The number of carbonyl (C=O) groups excluding carboxylic acids is 1. The number of likely N-dealkylation sites (tertiary alicyclic amines) is 1. The average molecular weight is 327 g/mol. The van der Waals surface area contributed by atoms with Gasteiger partial charge in [0.25, 0.3) is 0 Å². The van der Waals surface area contributed by atoms with Crippen LogP contribution in [0.4, 0.5) is 0 Å². The Bertz CT molecular complexity index is 475. The van der Waals surface area contributed by atoms with Crippen LogP contribution in [-0.4, -0.2) is 63.7 Å². The lowest BCUT2D eigenvalue weighted by molar-refractivity contribution is -0.145. The van der Waals surface area contributed by atoms with E-state index in [0.717, 1.165) is 0 Å². The number of nitrogens with zero attached hydrogens (tertiary/aromatic N) is 1. The van der Waals surface area contributed by atoms with Gasteiger partial charge in [0.15, 0.2) is 0 Å². The van der Waals surface area contributed by atoms with E-state index >= 15 is 0 Å². The minimum Gasteiger partial charge on any atom is -0.480 e. The van der Waals surface area contributed by atoms with E-state index in [9.17, 15) is 14.7 Å². The number of amides is 1. The van der Waals surface area contributed by atoms with Crippen molar-refractivity contribution in [3.05, 3.63) is 0 Å². The fraction of sp³-hybridized carbons (Fsp3) is 0.857.